The molecule has 1 aromatic carbocycles. The van der Waals surface area contributed by atoms with Gasteiger partial charge in [-0.15, -0.1) is 0 Å². The van der Waals surface area contributed by atoms with Gasteiger partial charge in [-0.25, -0.2) is 9.97 Å². The second kappa shape index (κ2) is 11.1. The number of nitrogens with one attached hydrogen (secondary N) is 1. The number of benzene rings is 1. The number of para-hydroxylation sites is 1. The first-order valence-corrected chi connectivity index (χ1v) is 11.5. The quantitative estimate of drug-likeness (QED) is 0.421. The fourth-order valence-electron chi connectivity index (χ4n) is 3.93. The smallest absolute Gasteiger partial charge is 0.140 e. The third-order valence-corrected chi connectivity index (χ3v) is 5.58. The van der Waals surface area contributed by atoms with E-state index in [1.165, 1.54) is 36.9 Å². The molecule has 1 aliphatic heterocycles. The van der Waals surface area contributed by atoms with Crippen molar-refractivity contribution in [3.8, 4) is 17.1 Å². The maximum absolute atomic E-state index is 5.68. The van der Waals surface area contributed by atoms with Crippen molar-refractivity contribution < 1.29 is 9.47 Å². The molecule has 32 heavy (non-hydrogen) atoms. The summed E-state index contributed by atoms with van der Waals surface area (Å²) in [5, 5.41) is 4.40. The van der Waals surface area contributed by atoms with Crippen molar-refractivity contribution in [3.05, 3.63) is 60.4 Å². The number of rotatable bonds is 7. The van der Waals surface area contributed by atoms with Crippen LogP contribution < -0.4 is 10.1 Å². The van der Waals surface area contributed by atoms with Crippen molar-refractivity contribution in [1.82, 2.24) is 19.7 Å². The van der Waals surface area contributed by atoms with E-state index < -0.39 is 0 Å². The normalized spacial score (nSPS) is 13.3. The highest BCUT2D eigenvalue weighted by Gasteiger charge is 2.10. The summed E-state index contributed by atoms with van der Waals surface area (Å²) in [6, 6.07) is 14.5. The first kappa shape index (κ1) is 22.2. The van der Waals surface area contributed by atoms with E-state index in [1.807, 2.05) is 28.9 Å². The van der Waals surface area contributed by atoms with Gasteiger partial charge < -0.3 is 14.8 Å². The lowest BCUT2D eigenvalue weighted by molar-refractivity contribution is 0.146. The van der Waals surface area contributed by atoms with Crippen LogP contribution in [0.1, 0.15) is 31.7 Å². The second-order valence-corrected chi connectivity index (χ2v) is 7.97. The largest absolute Gasteiger partial charge is 0.491 e. The van der Waals surface area contributed by atoms with Gasteiger partial charge in [-0.3, -0.25) is 4.40 Å². The molecule has 1 fully saturated rings. The van der Waals surface area contributed by atoms with Crippen molar-refractivity contribution in [2.24, 2.45) is 0 Å². The lowest BCUT2D eigenvalue weighted by atomic mass is 10.0. The summed E-state index contributed by atoms with van der Waals surface area (Å²) in [6.07, 6.45) is 8.75. The fourth-order valence-corrected chi connectivity index (χ4v) is 3.93. The van der Waals surface area contributed by atoms with E-state index in [-0.39, 0.29) is 0 Å². The molecule has 0 radical (unpaired) electrons. The third-order valence-electron chi connectivity index (χ3n) is 5.58. The van der Waals surface area contributed by atoms with Crippen molar-refractivity contribution in [2.45, 2.75) is 32.6 Å². The van der Waals surface area contributed by atoms with Crippen molar-refractivity contribution in [1.29, 1.82) is 0 Å². The van der Waals surface area contributed by atoms with E-state index in [4.69, 9.17) is 14.5 Å². The van der Waals surface area contributed by atoms with E-state index in [9.17, 15) is 0 Å². The molecular formula is C26H32N4O2. The summed E-state index contributed by atoms with van der Waals surface area (Å²) < 4.78 is 12.7. The Morgan fingerprint density at radius 1 is 1.06 bits per heavy atom. The molecule has 168 valence electrons. The van der Waals surface area contributed by atoms with Crippen molar-refractivity contribution >= 4 is 16.6 Å². The topological polar surface area (TPSA) is 60.7 Å². The molecule has 1 saturated heterocycles. The molecule has 5 rings (SSSR count). The lowest BCUT2D eigenvalue weighted by Gasteiger charge is -2.08. The zero-order valence-corrected chi connectivity index (χ0v) is 19.0. The molecule has 1 N–H and O–H groups in total. The number of nitrogens with zero attached hydrogens (tertiary/aromatic N) is 3. The van der Waals surface area contributed by atoms with Crippen LogP contribution in [0.4, 0.5) is 0 Å². The summed E-state index contributed by atoms with van der Waals surface area (Å²) in [7, 11) is 1.66. The summed E-state index contributed by atoms with van der Waals surface area (Å²) in [6.45, 7) is 5.78. The summed E-state index contributed by atoms with van der Waals surface area (Å²) in [4.78, 5) is 9.50. The Morgan fingerprint density at radius 3 is 2.69 bits per heavy atom. The Hall–Kier alpha value is -2.96. The number of pyridine rings is 2. The Balaban J connectivity index is 0.000000433. The van der Waals surface area contributed by atoms with Crippen LogP contribution in [0.2, 0.25) is 0 Å². The molecule has 0 amide bonds. The van der Waals surface area contributed by atoms with Gasteiger partial charge >= 0.3 is 0 Å². The molecular weight excluding hydrogens is 400 g/mol. The van der Waals surface area contributed by atoms with Gasteiger partial charge in [0.2, 0.25) is 0 Å². The molecule has 0 spiro atoms. The number of ether oxygens (including phenoxy) is 2. The van der Waals surface area contributed by atoms with Crippen LogP contribution in [-0.4, -0.2) is 47.8 Å². The average molecular weight is 433 g/mol. The SMILES string of the molecule is C1CCNC1.CCCc1cccc2ccc(-c3cnc4cc(OCCOC)ccn34)nc12. The van der Waals surface area contributed by atoms with Crippen LogP contribution in [0.25, 0.3) is 27.9 Å². The Bertz CT molecular complexity index is 1140. The molecule has 0 atom stereocenters. The maximum Gasteiger partial charge on any atom is 0.140 e. The van der Waals surface area contributed by atoms with Crippen LogP contribution in [-0.2, 0) is 11.2 Å². The van der Waals surface area contributed by atoms with Gasteiger partial charge in [0.05, 0.1) is 29.7 Å². The molecule has 6 heteroatoms. The number of aryl methyl sites for hydroxylation is 1. The van der Waals surface area contributed by atoms with E-state index in [0.29, 0.717) is 13.2 Å². The monoisotopic (exact) mass is 432 g/mol. The number of aromatic nitrogens is 3. The molecule has 0 unspecified atom stereocenters. The zero-order chi connectivity index (χ0) is 22.2. The average Bonchev–Trinajstić information content (AvgIpc) is 3.53. The van der Waals surface area contributed by atoms with Crippen LogP contribution in [0.5, 0.6) is 5.75 Å². The van der Waals surface area contributed by atoms with E-state index in [2.05, 4.69) is 47.6 Å². The summed E-state index contributed by atoms with van der Waals surface area (Å²) in [5.41, 5.74) is 5.10. The number of hydrogen-bond acceptors (Lipinski definition) is 5. The highest BCUT2D eigenvalue weighted by molar-refractivity contribution is 5.84. The summed E-state index contributed by atoms with van der Waals surface area (Å²) >= 11 is 0. The van der Waals surface area contributed by atoms with Crippen LogP contribution >= 0.6 is 0 Å². The standard InChI is InChI=1S/C22H23N3O2.C4H9N/c1-3-5-16-6-4-7-17-8-9-19(24-22(16)17)20-15-23-21-14-18(10-11-25(20)21)27-13-12-26-2;1-2-4-5-3-1/h4,6-11,14-15H,3,5,12-13H2,1-2H3;5H,1-4H2. The van der Waals surface area contributed by atoms with Crippen LogP contribution in [0.3, 0.4) is 0 Å². The summed E-state index contributed by atoms with van der Waals surface area (Å²) in [5.74, 6) is 0.786. The zero-order valence-electron chi connectivity index (χ0n) is 19.0. The van der Waals surface area contributed by atoms with E-state index in [1.54, 1.807) is 7.11 Å². The second-order valence-electron chi connectivity index (χ2n) is 7.97. The Kier molecular flexibility index (Phi) is 7.69. The van der Waals surface area contributed by atoms with Gasteiger partial charge in [0, 0.05) is 24.8 Å². The molecule has 6 nitrogen and oxygen atoms in total. The van der Waals surface area contributed by atoms with Crippen LogP contribution in [0, 0.1) is 0 Å². The maximum atomic E-state index is 5.68. The van der Waals surface area contributed by atoms with Gasteiger partial charge in [-0.05, 0) is 50.0 Å². The third kappa shape index (κ3) is 5.26. The minimum absolute atomic E-state index is 0.521. The molecule has 0 aliphatic carbocycles. The van der Waals surface area contributed by atoms with E-state index >= 15 is 0 Å². The Labute approximate surface area is 189 Å². The molecule has 4 heterocycles. The van der Waals surface area contributed by atoms with Gasteiger partial charge in [0.15, 0.2) is 0 Å². The molecule has 0 bridgehead atoms. The number of fused-ring (bicyclic) bond motifs is 2. The first-order chi connectivity index (χ1) is 15.8. The molecule has 1 aliphatic rings. The predicted octanol–water partition coefficient (Wildman–Crippen LogP) is 4.90. The van der Waals surface area contributed by atoms with Gasteiger partial charge in [0.1, 0.15) is 18.0 Å². The van der Waals surface area contributed by atoms with Gasteiger partial charge in [-0.1, -0.05) is 37.6 Å². The van der Waals surface area contributed by atoms with Crippen molar-refractivity contribution in [2.75, 3.05) is 33.4 Å². The number of imidazole rings is 1. The highest BCUT2D eigenvalue weighted by Crippen LogP contribution is 2.26. The highest BCUT2D eigenvalue weighted by atomic mass is 16.5. The molecule has 0 saturated carbocycles. The molecule has 3 aromatic heterocycles. The molecule has 4 aromatic rings. The predicted molar refractivity (Wildman–Crippen MR) is 129 cm³/mol. The minimum atomic E-state index is 0.521. The lowest BCUT2D eigenvalue weighted by Crippen LogP contribution is -2.04. The van der Waals surface area contributed by atoms with E-state index in [0.717, 1.165) is 41.1 Å². The van der Waals surface area contributed by atoms with Crippen LogP contribution in [0.15, 0.2) is 54.9 Å². The Morgan fingerprint density at radius 2 is 1.94 bits per heavy atom. The van der Waals surface area contributed by atoms with Gasteiger partial charge in [-0.2, -0.15) is 0 Å². The fraction of sp³-hybridized carbons (Fsp3) is 0.385. The number of hydrogen-bond donors (Lipinski definition) is 1. The van der Waals surface area contributed by atoms with Crippen molar-refractivity contribution in [3.63, 3.8) is 0 Å². The minimum Gasteiger partial charge on any atom is -0.491 e. The van der Waals surface area contributed by atoms with Gasteiger partial charge in [0.25, 0.3) is 0 Å². The first-order valence-electron chi connectivity index (χ1n) is 11.5. The number of methoxy groups -OCH3 is 1.